The standard InChI is InChI=1S/C20H23ClN4O2S.HI/c1-25(9-2-10-25)14-7-8-15-16(11-14)28-19(17(15)18(22)26)24-20(27)23-13-5-3-12(21)4-6-13;/h3-6,14H,2,7-11H2,1H3,(H3-,22,23,24,26,27);1H. The van der Waals surface area contributed by atoms with Crippen molar-refractivity contribution in [1.29, 1.82) is 0 Å². The number of nitrogens with one attached hydrogen (secondary N) is 2. The number of fused-ring (bicyclic) bond motifs is 1. The first kappa shape index (κ1) is 22.3. The Bertz CT molecular complexity index is 927. The second kappa shape index (κ2) is 8.79. The predicted molar refractivity (Wildman–Crippen MR) is 113 cm³/mol. The van der Waals surface area contributed by atoms with Gasteiger partial charge in [-0.3, -0.25) is 10.1 Å². The molecule has 156 valence electrons. The lowest BCUT2D eigenvalue weighted by molar-refractivity contribution is -0.969. The monoisotopic (exact) mass is 546 g/mol. The number of halogens is 2. The number of carbonyl (C=O) groups is 2. The second-order valence-electron chi connectivity index (χ2n) is 7.83. The minimum absolute atomic E-state index is 0. The highest BCUT2D eigenvalue weighted by Crippen LogP contribution is 2.41. The minimum atomic E-state index is -0.484. The number of benzene rings is 1. The number of likely N-dealkylation sites (tertiary alicyclic amines) is 1. The smallest absolute Gasteiger partial charge is 0.324 e. The van der Waals surface area contributed by atoms with E-state index in [1.807, 2.05) is 0 Å². The Hall–Kier alpha value is -1.36. The number of amides is 3. The van der Waals surface area contributed by atoms with Crippen LogP contribution in [0.15, 0.2) is 24.3 Å². The predicted octanol–water partition coefficient (Wildman–Crippen LogP) is 0.856. The normalized spacial score (nSPS) is 19.3. The number of anilines is 2. The molecule has 1 atom stereocenters. The molecule has 6 nitrogen and oxygen atoms in total. The Kier molecular flexibility index (Phi) is 6.77. The molecule has 29 heavy (non-hydrogen) atoms. The van der Waals surface area contributed by atoms with Gasteiger partial charge in [0.05, 0.1) is 31.7 Å². The number of hydrogen-bond donors (Lipinski definition) is 3. The van der Waals surface area contributed by atoms with Gasteiger partial charge in [0.15, 0.2) is 0 Å². The Morgan fingerprint density at radius 3 is 2.48 bits per heavy atom. The zero-order valence-electron chi connectivity index (χ0n) is 16.1. The molecule has 4 N–H and O–H groups in total. The van der Waals surface area contributed by atoms with Crippen LogP contribution in [0.3, 0.4) is 0 Å². The third kappa shape index (κ3) is 4.55. The number of quaternary nitrogens is 1. The number of urea groups is 1. The molecule has 0 saturated carbocycles. The van der Waals surface area contributed by atoms with Gasteiger partial charge in [-0.25, -0.2) is 4.79 Å². The molecule has 0 bridgehead atoms. The van der Waals surface area contributed by atoms with Crippen molar-refractivity contribution in [3.63, 3.8) is 0 Å². The molecule has 1 aliphatic carbocycles. The Labute approximate surface area is 196 Å². The van der Waals surface area contributed by atoms with E-state index in [-0.39, 0.29) is 24.0 Å². The average Bonchev–Trinajstić information content (AvgIpc) is 2.98. The molecule has 1 aromatic heterocycles. The molecule has 1 aromatic carbocycles. The molecular weight excluding hydrogens is 523 g/mol. The van der Waals surface area contributed by atoms with Gasteiger partial charge in [-0.1, -0.05) is 11.6 Å². The van der Waals surface area contributed by atoms with Crippen LogP contribution in [0.2, 0.25) is 5.02 Å². The highest BCUT2D eigenvalue weighted by atomic mass is 127. The van der Waals surface area contributed by atoms with Gasteiger partial charge in [0.25, 0.3) is 5.91 Å². The summed E-state index contributed by atoms with van der Waals surface area (Å²) >= 11 is 7.35. The number of thiophene rings is 1. The van der Waals surface area contributed by atoms with Gasteiger partial charge in [0.1, 0.15) is 5.00 Å². The molecule has 1 saturated heterocycles. The van der Waals surface area contributed by atoms with Crippen molar-refractivity contribution in [3.05, 3.63) is 45.3 Å². The number of primary amides is 1. The van der Waals surface area contributed by atoms with E-state index in [1.54, 1.807) is 24.3 Å². The second-order valence-corrected chi connectivity index (χ2v) is 9.38. The number of nitrogens with two attached hydrogens (primary N) is 1. The largest absolute Gasteiger partial charge is 1.00 e. The summed E-state index contributed by atoms with van der Waals surface area (Å²) in [6.07, 6.45) is 4.12. The van der Waals surface area contributed by atoms with E-state index in [9.17, 15) is 9.59 Å². The lowest BCUT2D eigenvalue weighted by Gasteiger charge is -2.49. The molecule has 1 fully saturated rings. The number of hydrogen-bond acceptors (Lipinski definition) is 3. The summed E-state index contributed by atoms with van der Waals surface area (Å²) in [5.41, 5.74) is 7.77. The van der Waals surface area contributed by atoms with Crippen molar-refractivity contribution in [2.75, 3.05) is 30.8 Å². The Balaban J connectivity index is 0.00000240. The number of rotatable bonds is 4. The zero-order valence-corrected chi connectivity index (χ0v) is 19.9. The minimum Gasteiger partial charge on any atom is -1.00 e. The summed E-state index contributed by atoms with van der Waals surface area (Å²) in [6.45, 7) is 2.45. The summed E-state index contributed by atoms with van der Waals surface area (Å²) < 4.78 is 1.11. The molecule has 4 rings (SSSR count). The molecule has 0 spiro atoms. The lowest BCUT2D eigenvalue weighted by atomic mass is 9.87. The Morgan fingerprint density at radius 2 is 1.90 bits per heavy atom. The maximum atomic E-state index is 12.4. The van der Waals surface area contributed by atoms with Gasteiger partial charge >= 0.3 is 6.03 Å². The summed E-state index contributed by atoms with van der Waals surface area (Å²) in [7, 11) is 2.32. The van der Waals surface area contributed by atoms with Crippen molar-refractivity contribution < 1.29 is 38.0 Å². The highest BCUT2D eigenvalue weighted by molar-refractivity contribution is 7.17. The van der Waals surface area contributed by atoms with Crippen molar-refractivity contribution in [2.24, 2.45) is 5.73 Å². The van der Waals surface area contributed by atoms with Crippen LogP contribution in [-0.4, -0.2) is 42.6 Å². The fourth-order valence-corrected chi connectivity index (χ4v) is 5.72. The molecule has 2 heterocycles. The quantitative estimate of drug-likeness (QED) is 0.393. The van der Waals surface area contributed by atoms with Crippen LogP contribution in [0, 0.1) is 0 Å². The summed E-state index contributed by atoms with van der Waals surface area (Å²) in [4.78, 5) is 25.7. The van der Waals surface area contributed by atoms with Crippen LogP contribution in [0.4, 0.5) is 15.5 Å². The first-order valence-corrected chi connectivity index (χ1v) is 10.7. The van der Waals surface area contributed by atoms with E-state index in [4.69, 9.17) is 17.3 Å². The average molecular weight is 547 g/mol. The van der Waals surface area contributed by atoms with E-state index in [0.29, 0.717) is 27.3 Å². The third-order valence-corrected chi connectivity index (χ3v) is 7.46. The summed E-state index contributed by atoms with van der Waals surface area (Å²) in [6, 6.07) is 7.03. The fourth-order valence-electron chi connectivity index (χ4n) is 4.27. The summed E-state index contributed by atoms with van der Waals surface area (Å²) in [5.74, 6) is -0.484. The van der Waals surface area contributed by atoms with Gasteiger partial charge < -0.3 is 39.5 Å². The van der Waals surface area contributed by atoms with E-state index in [1.165, 1.54) is 35.7 Å². The van der Waals surface area contributed by atoms with Gasteiger partial charge in [-0.2, -0.15) is 0 Å². The van der Waals surface area contributed by atoms with Crippen LogP contribution in [0.25, 0.3) is 0 Å². The topological polar surface area (TPSA) is 84.2 Å². The van der Waals surface area contributed by atoms with Crippen molar-refractivity contribution in [2.45, 2.75) is 31.7 Å². The molecule has 3 amide bonds. The van der Waals surface area contributed by atoms with E-state index in [2.05, 4.69) is 17.7 Å². The van der Waals surface area contributed by atoms with Crippen LogP contribution in [0.5, 0.6) is 0 Å². The Morgan fingerprint density at radius 1 is 1.21 bits per heavy atom. The molecule has 1 aliphatic heterocycles. The van der Waals surface area contributed by atoms with E-state index in [0.717, 1.165) is 29.3 Å². The number of carbonyl (C=O) groups excluding carboxylic acids is 2. The number of nitrogens with zero attached hydrogens (tertiary/aromatic N) is 1. The van der Waals surface area contributed by atoms with Crippen molar-refractivity contribution in [3.8, 4) is 0 Å². The molecule has 2 aromatic rings. The fraction of sp³-hybridized carbons (Fsp3) is 0.400. The molecular formula is C20H24ClIN4O2S. The number of likely N-dealkylation sites (N-methyl/N-ethyl adjacent to an activating group) is 1. The summed E-state index contributed by atoms with van der Waals surface area (Å²) in [5, 5.41) is 6.72. The molecule has 1 unspecified atom stereocenters. The van der Waals surface area contributed by atoms with E-state index >= 15 is 0 Å². The van der Waals surface area contributed by atoms with E-state index < -0.39 is 11.9 Å². The third-order valence-electron chi connectivity index (χ3n) is 6.03. The SMILES string of the molecule is C[N+]1(C2CCc3c(sc(NC(=O)Nc4ccc(Cl)cc4)c3C(N)=O)C2)CCC1.[I-]. The maximum absolute atomic E-state index is 12.4. The van der Waals surface area contributed by atoms with Crippen LogP contribution in [-0.2, 0) is 12.8 Å². The van der Waals surface area contributed by atoms with Crippen LogP contribution in [0.1, 0.15) is 33.6 Å². The van der Waals surface area contributed by atoms with Gasteiger partial charge in [0, 0.05) is 34.8 Å². The van der Waals surface area contributed by atoms with Gasteiger partial charge in [0.2, 0.25) is 0 Å². The molecule has 2 aliphatic rings. The molecule has 9 heteroatoms. The first-order chi connectivity index (χ1) is 13.4. The van der Waals surface area contributed by atoms with Gasteiger partial charge in [-0.05, 0) is 36.2 Å². The first-order valence-electron chi connectivity index (χ1n) is 9.48. The van der Waals surface area contributed by atoms with Crippen LogP contribution >= 0.6 is 22.9 Å². The zero-order chi connectivity index (χ0) is 19.9. The van der Waals surface area contributed by atoms with Crippen LogP contribution < -0.4 is 40.3 Å². The van der Waals surface area contributed by atoms with Gasteiger partial charge in [-0.15, -0.1) is 11.3 Å². The lowest BCUT2D eigenvalue weighted by Crippen LogP contribution is -3.00. The molecule has 0 radical (unpaired) electrons. The van der Waals surface area contributed by atoms with Crippen molar-refractivity contribution in [1.82, 2.24) is 0 Å². The maximum Gasteiger partial charge on any atom is 0.324 e. The highest BCUT2D eigenvalue weighted by Gasteiger charge is 2.42. The van der Waals surface area contributed by atoms with Crippen molar-refractivity contribution >= 4 is 45.6 Å².